The van der Waals surface area contributed by atoms with Crippen LogP contribution in [-0.2, 0) is 17.4 Å². The Morgan fingerprint density at radius 3 is 2.78 bits per heavy atom. The van der Waals surface area contributed by atoms with Gasteiger partial charge in [0.05, 0.1) is 12.0 Å². The monoisotopic (exact) mass is 256 g/mol. The maximum atomic E-state index is 12.5. The number of aromatic nitrogens is 2. The summed E-state index contributed by atoms with van der Waals surface area (Å²) in [6.45, 7) is 0. The van der Waals surface area contributed by atoms with Gasteiger partial charge in [0.1, 0.15) is 6.29 Å². The van der Waals surface area contributed by atoms with Crippen LogP contribution in [-0.4, -0.2) is 16.4 Å². The molecular formula is C11H7F3N2O2. The number of alkyl halides is 3. The minimum absolute atomic E-state index is 0.0392. The first-order chi connectivity index (χ1) is 8.50. The van der Waals surface area contributed by atoms with Gasteiger partial charge in [-0.05, 0) is 18.2 Å². The molecule has 1 heterocycles. The summed E-state index contributed by atoms with van der Waals surface area (Å²) in [5.41, 5.74) is -0.635. The Balaban J connectivity index is 2.35. The summed E-state index contributed by atoms with van der Waals surface area (Å²) in [5.74, 6) is 0.0929. The summed E-state index contributed by atoms with van der Waals surface area (Å²) < 4.78 is 42.3. The molecule has 18 heavy (non-hydrogen) atoms. The zero-order chi connectivity index (χ0) is 13.2. The third-order valence-corrected chi connectivity index (χ3v) is 2.17. The highest BCUT2D eigenvalue weighted by Crippen LogP contribution is 2.31. The zero-order valence-corrected chi connectivity index (χ0v) is 8.94. The Hall–Kier alpha value is -2.18. The van der Waals surface area contributed by atoms with Crippen molar-refractivity contribution >= 4 is 6.29 Å². The highest BCUT2D eigenvalue weighted by Gasteiger charge is 2.30. The molecule has 0 radical (unpaired) electrons. The summed E-state index contributed by atoms with van der Waals surface area (Å²) in [5, 5.41) is 3.48. The fraction of sp³-hybridized carbons (Fsp3) is 0.182. The SMILES string of the molecule is O=CCc1noc(-c2cccc(C(F)(F)F)c2)n1. The third-order valence-electron chi connectivity index (χ3n) is 2.17. The molecule has 0 spiro atoms. The number of benzene rings is 1. The Labute approximate surface area is 99.4 Å². The molecule has 94 valence electrons. The van der Waals surface area contributed by atoms with E-state index in [1.165, 1.54) is 12.1 Å². The van der Waals surface area contributed by atoms with Gasteiger partial charge in [-0.25, -0.2) is 0 Å². The number of halogens is 3. The van der Waals surface area contributed by atoms with Crippen molar-refractivity contribution < 1.29 is 22.5 Å². The molecular weight excluding hydrogens is 249 g/mol. The van der Waals surface area contributed by atoms with Gasteiger partial charge >= 0.3 is 6.18 Å². The van der Waals surface area contributed by atoms with E-state index in [1.54, 1.807) is 0 Å². The van der Waals surface area contributed by atoms with Crippen LogP contribution in [0.15, 0.2) is 28.8 Å². The van der Waals surface area contributed by atoms with Gasteiger partial charge in [-0.15, -0.1) is 0 Å². The second kappa shape index (κ2) is 4.59. The van der Waals surface area contributed by atoms with E-state index < -0.39 is 11.7 Å². The molecule has 0 aliphatic heterocycles. The predicted octanol–water partition coefficient (Wildman–Crippen LogP) is 2.50. The van der Waals surface area contributed by atoms with Gasteiger partial charge in [0.25, 0.3) is 5.89 Å². The van der Waals surface area contributed by atoms with Crippen molar-refractivity contribution in [3.8, 4) is 11.5 Å². The van der Waals surface area contributed by atoms with Crippen molar-refractivity contribution in [2.24, 2.45) is 0 Å². The molecule has 0 atom stereocenters. The molecule has 0 saturated carbocycles. The highest BCUT2D eigenvalue weighted by molar-refractivity contribution is 5.56. The second-order valence-corrected chi connectivity index (χ2v) is 3.47. The van der Waals surface area contributed by atoms with E-state index in [1.807, 2.05) is 0 Å². The van der Waals surface area contributed by atoms with Gasteiger partial charge in [0.2, 0.25) is 0 Å². The summed E-state index contributed by atoms with van der Waals surface area (Å²) in [6.07, 6.45) is -3.88. The number of carbonyl (C=O) groups excluding carboxylic acids is 1. The maximum absolute atomic E-state index is 12.5. The van der Waals surface area contributed by atoms with Crippen LogP contribution in [0.25, 0.3) is 11.5 Å². The molecule has 2 rings (SSSR count). The molecule has 7 heteroatoms. The highest BCUT2D eigenvalue weighted by atomic mass is 19.4. The molecule has 1 aromatic heterocycles. The molecule has 0 unspecified atom stereocenters. The predicted molar refractivity (Wildman–Crippen MR) is 54.5 cm³/mol. The summed E-state index contributed by atoms with van der Waals surface area (Å²) in [7, 11) is 0. The molecule has 0 saturated heterocycles. The molecule has 4 nitrogen and oxygen atoms in total. The zero-order valence-electron chi connectivity index (χ0n) is 8.94. The Kier molecular flexibility index (Phi) is 3.14. The molecule has 0 fully saturated rings. The van der Waals surface area contributed by atoms with Crippen LogP contribution in [0.4, 0.5) is 13.2 Å². The van der Waals surface area contributed by atoms with Crippen LogP contribution in [0.1, 0.15) is 11.4 Å². The third kappa shape index (κ3) is 2.55. The van der Waals surface area contributed by atoms with Crippen LogP contribution < -0.4 is 0 Å². The van der Waals surface area contributed by atoms with Crippen LogP contribution in [0.3, 0.4) is 0 Å². The number of rotatable bonds is 3. The molecule has 0 bridgehead atoms. The van der Waals surface area contributed by atoms with Gasteiger partial charge < -0.3 is 9.32 Å². The Morgan fingerprint density at radius 1 is 1.33 bits per heavy atom. The van der Waals surface area contributed by atoms with Crippen molar-refractivity contribution in [3.05, 3.63) is 35.7 Å². The normalized spacial score (nSPS) is 11.5. The van der Waals surface area contributed by atoms with Gasteiger partial charge in [-0.3, -0.25) is 0 Å². The number of nitrogens with zero attached hydrogens (tertiary/aromatic N) is 2. The lowest BCUT2D eigenvalue weighted by atomic mass is 10.1. The number of hydrogen-bond acceptors (Lipinski definition) is 4. The summed E-state index contributed by atoms with van der Waals surface area (Å²) in [4.78, 5) is 14.1. The minimum Gasteiger partial charge on any atom is -0.334 e. The van der Waals surface area contributed by atoms with Crippen molar-refractivity contribution in [3.63, 3.8) is 0 Å². The van der Waals surface area contributed by atoms with E-state index in [2.05, 4.69) is 10.1 Å². The van der Waals surface area contributed by atoms with Crippen molar-refractivity contribution in [1.82, 2.24) is 10.1 Å². The quantitative estimate of drug-likeness (QED) is 0.792. The Morgan fingerprint density at radius 2 is 2.11 bits per heavy atom. The van der Waals surface area contributed by atoms with E-state index in [9.17, 15) is 18.0 Å². The average molecular weight is 256 g/mol. The topological polar surface area (TPSA) is 56.0 Å². The minimum atomic E-state index is -4.43. The van der Waals surface area contributed by atoms with Crippen LogP contribution in [0, 0.1) is 0 Å². The first kappa shape index (κ1) is 12.3. The van der Waals surface area contributed by atoms with E-state index in [0.29, 0.717) is 6.29 Å². The van der Waals surface area contributed by atoms with E-state index >= 15 is 0 Å². The smallest absolute Gasteiger partial charge is 0.334 e. The van der Waals surface area contributed by atoms with Crippen LogP contribution in [0.2, 0.25) is 0 Å². The molecule has 0 N–H and O–H groups in total. The van der Waals surface area contributed by atoms with Gasteiger partial charge in [0, 0.05) is 5.56 Å². The standard InChI is InChI=1S/C11H7F3N2O2/c12-11(13,14)8-3-1-2-7(6-8)10-15-9(4-5-17)16-18-10/h1-3,5-6H,4H2. The van der Waals surface area contributed by atoms with Crippen molar-refractivity contribution in [2.45, 2.75) is 12.6 Å². The lowest BCUT2D eigenvalue weighted by Crippen LogP contribution is -2.04. The average Bonchev–Trinajstić information content (AvgIpc) is 2.77. The van der Waals surface area contributed by atoms with Gasteiger partial charge in [0.15, 0.2) is 5.82 Å². The van der Waals surface area contributed by atoms with Gasteiger partial charge in [-0.2, -0.15) is 18.2 Å². The van der Waals surface area contributed by atoms with Gasteiger partial charge in [-0.1, -0.05) is 11.2 Å². The molecule has 2 aromatic rings. The fourth-order valence-corrected chi connectivity index (χ4v) is 1.36. The van der Waals surface area contributed by atoms with E-state index in [4.69, 9.17) is 4.52 Å². The van der Waals surface area contributed by atoms with Crippen LogP contribution >= 0.6 is 0 Å². The number of hydrogen-bond donors (Lipinski definition) is 0. The second-order valence-electron chi connectivity index (χ2n) is 3.47. The van der Waals surface area contributed by atoms with Crippen LogP contribution in [0.5, 0.6) is 0 Å². The van der Waals surface area contributed by atoms with Crippen molar-refractivity contribution in [2.75, 3.05) is 0 Å². The largest absolute Gasteiger partial charge is 0.416 e. The molecule has 0 amide bonds. The molecule has 1 aromatic carbocycles. The lowest BCUT2D eigenvalue weighted by molar-refractivity contribution is -0.137. The number of carbonyl (C=O) groups is 1. The Bertz CT molecular complexity index is 563. The summed E-state index contributed by atoms with van der Waals surface area (Å²) in [6, 6.07) is 4.54. The molecule has 0 aliphatic rings. The molecule has 0 aliphatic carbocycles. The van der Waals surface area contributed by atoms with E-state index in [-0.39, 0.29) is 23.7 Å². The maximum Gasteiger partial charge on any atom is 0.416 e. The lowest BCUT2D eigenvalue weighted by Gasteiger charge is -2.06. The fourth-order valence-electron chi connectivity index (χ4n) is 1.36. The van der Waals surface area contributed by atoms with E-state index in [0.717, 1.165) is 12.1 Å². The van der Waals surface area contributed by atoms with Crippen molar-refractivity contribution in [1.29, 1.82) is 0 Å². The summed E-state index contributed by atoms with van der Waals surface area (Å²) >= 11 is 0. The first-order valence-electron chi connectivity index (χ1n) is 4.94. The first-order valence-corrected chi connectivity index (χ1v) is 4.94. The number of aldehydes is 1.